The molecule has 7 heteroatoms. The summed E-state index contributed by atoms with van der Waals surface area (Å²) in [6.45, 7) is 2.89. The number of carbonyl (C=O) groups excluding carboxylic acids is 1. The minimum atomic E-state index is -1.93. The van der Waals surface area contributed by atoms with Crippen LogP contribution in [0.3, 0.4) is 0 Å². The highest BCUT2D eigenvalue weighted by Gasteiger charge is 2.38. The van der Waals surface area contributed by atoms with E-state index in [1.165, 1.54) is 4.31 Å². The summed E-state index contributed by atoms with van der Waals surface area (Å²) in [7, 11) is 0. The van der Waals surface area contributed by atoms with Crippen molar-refractivity contribution in [1.29, 1.82) is 0 Å². The van der Waals surface area contributed by atoms with E-state index in [0.29, 0.717) is 24.5 Å². The number of nitrogens with zero attached hydrogens (tertiary/aromatic N) is 2. The Morgan fingerprint density at radius 1 is 1.00 bits per heavy atom. The molecule has 1 heterocycles. The van der Waals surface area contributed by atoms with Gasteiger partial charge in [0.2, 0.25) is 5.91 Å². The fraction of sp³-hybridized carbons (Fsp3) is 0.174. The van der Waals surface area contributed by atoms with Crippen molar-refractivity contribution in [2.24, 2.45) is 5.73 Å². The van der Waals surface area contributed by atoms with E-state index >= 15 is 0 Å². The Kier molecular flexibility index (Phi) is 5.72. The molecule has 30 heavy (non-hydrogen) atoms. The predicted octanol–water partition coefficient (Wildman–Crippen LogP) is 3.33. The van der Waals surface area contributed by atoms with Crippen molar-refractivity contribution in [2.75, 3.05) is 15.7 Å². The van der Waals surface area contributed by atoms with Gasteiger partial charge in [0.1, 0.15) is 11.8 Å². The van der Waals surface area contributed by atoms with Crippen molar-refractivity contribution in [3.05, 3.63) is 90.0 Å². The van der Waals surface area contributed by atoms with E-state index in [1.54, 1.807) is 12.1 Å². The number of primary amides is 1. The van der Waals surface area contributed by atoms with Gasteiger partial charge in [-0.25, -0.2) is 4.31 Å². The molecule has 0 aliphatic carbocycles. The molecule has 0 bridgehead atoms. The van der Waals surface area contributed by atoms with E-state index in [-0.39, 0.29) is 0 Å². The van der Waals surface area contributed by atoms with Gasteiger partial charge in [0.25, 0.3) is 0 Å². The molecule has 3 aromatic rings. The highest BCUT2D eigenvalue weighted by Crippen LogP contribution is 2.37. The van der Waals surface area contributed by atoms with Gasteiger partial charge >= 0.3 is 11.3 Å². The van der Waals surface area contributed by atoms with E-state index < -0.39 is 23.2 Å². The molecule has 0 spiro atoms. The highest BCUT2D eigenvalue weighted by atomic mass is 32.2. The molecule has 0 radical (unpaired) electrons. The first-order chi connectivity index (χ1) is 14.5. The molecule has 3 aromatic carbocycles. The molecule has 2 N–H and O–H groups in total. The number of aryl methyl sites for hydroxylation is 1. The standard InChI is InChI=1S/C23H23N3O3S/c1-17-11-13-19(14-12-17)29-30(28)26-21-10-6-5-9-20(21)25(16-22(26)23(24)27)15-18-7-3-2-4-8-18/h2-14,22H,15-16H2,1H3,(H2,24,27). The lowest BCUT2D eigenvalue weighted by atomic mass is 10.1. The first-order valence-electron chi connectivity index (χ1n) is 9.66. The number of nitrogens with two attached hydrogens (primary N) is 1. The fourth-order valence-corrected chi connectivity index (χ4v) is 4.58. The molecule has 6 nitrogen and oxygen atoms in total. The van der Waals surface area contributed by atoms with Crippen molar-refractivity contribution in [3.8, 4) is 5.75 Å². The number of benzene rings is 3. The van der Waals surface area contributed by atoms with Crippen molar-refractivity contribution in [3.63, 3.8) is 0 Å². The topological polar surface area (TPSA) is 75.9 Å². The minimum absolute atomic E-state index is 0.310. The SMILES string of the molecule is Cc1ccc(OS(=O)N2c3ccccc3N(Cc3ccccc3)CC2C(N)=O)cc1. The van der Waals surface area contributed by atoms with E-state index in [9.17, 15) is 9.00 Å². The summed E-state index contributed by atoms with van der Waals surface area (Å²) < 4.78 is 20.3. The average Bonchev–Trinajstić information content (AvgIpc) is 2.75. The lowest BCUT2D eigenvalue weighted by Crippen LogP contribution is -2.56. The number of rotatable bonds is 6. The molecule has 0 fully saturated rings. The van der Waals surface area contributed by atoms with Crippen LogP contribution in [0.1, 0.15) is 11.1 Å². The molecule has 0 saturated carbocycles. The van der Waals surface area contributed by atoms with Crippen LogP contribution in [-0.4, -0.2) is 22.7 Å². The summed E-state index contributed by atoms with van der Waals surface area (Å²) in [6, 6.07) is 24.0. The molecule has 4 rings (SSSR count). The van der Waals surface area contributed by atoms with Gasteiger partial charge in [-0.2, -0.15) is 4.21 Å². The number of fused-ring (bicyclic) bond motifs is 1. The Hall–Kier alpha value is -3.32. The molecular formula is C23H23N3O3S. The third-order valence-electron chi connectivity index (χ3n) is 5.03. The molecule has 1 aliphatic heterocycles. The molecule has 2 atom stereocenters. The zero-order valence-electron chi connectivity index (χ0n) is 16.6. The molecule has 1 aliphatic rings. The Balaban J connectivity index is 1.67. The number of carbonyl (C=O) groups is 1. The van der Waals surface area contributed by atoms with Crippen molar-refractivity contribution >= 4 is 28.5 Å². The zero-order chi connectivity index (χ0) is 21.1. The predicted molar refractivity (Wildman–Crippen MR) is 119 cm³/mol. The van der Waals surface area contributed by atoms with Crippen LogP contribution in [0.2, 0.25) is 0 Å². The second kappa shape index (κ2) is 8.59. The first kappa shape index (κ1) is 20.0. The van der Waals surface area contributed by atoms with E-state index in [1.807, 2.05) is 73.7 Å². The smallest absolute Gasteiger partial charge is 0.319 e. The Labute approximate surface area is 178 Å². The van der Waals surface area contributed by atoms with Crippen LogP contribution in [-0.2, 0) is 22.6 Å². The van der Waals surface area contributed by atoms with Gasteiger partial charge < -0.3 is 14.8 Å². The van der Waals surface area contributed by atoms with Crippen LogP contribution >= 0.6 is 0 Å². The third kappa shape index (κ3) is 4.16. The Bertz CT molecular complexity index is 1060. The van der Waals surface area contributed by atoms with Gasteiger partial charge in [-0.1, -0.05) is 60.2 Å². The number of para-hydroxylation sites is 2. The summed E-state index contributed by atoms with van der Waals surface area (Å²) in [6.07, 6.45) is 0. The van der Waals surface area contributed by atoms with Crippen LogP contribution in [0, 0.1) is 6.92 Å². The summed E-state index contributed by atoms with van der Waals surface area (Å²) in [5.74, 6) is -0.0882. The van der Waals surface area contributed by atoms with Crippen molar-refractivity contribution in [1.82, 2.24) is 0 Å². The van der Waals surface area contributed by atoms with Gasteiger partial charge in [-0.3, -0.25) is 4.79 Å². The zero-order valence-corrected chi connectivity index (χ0v) is 17.4. The third-order valence-corrected chi connectivity index (χ3v) is 6.14. The number of anilines is 2. The van der Waals surface area contributed by atoms with Gasteiger partial charge in [0.15, 0.2) is 0 Å². The normalized spacial score (nSPS) is 16.6. The van der Waals surface area contributed by atoms with Gasteiger partial charge in [0, 0.05) is 13.1 Å². The second-order valence-corrected chi connectivity index (χ2v) is 8.21. The van der Waals surface area contributed by atoms with Crippen LogP contribution < -0.4 is 19.1 Å². The summed E-state index contributed by atoms with van der Waals surface area (Å²) in [5, 5.41) is 0. The summed E-state index contributed by atoms with van der Waals surface area (Å²) >= 11 is -1.93. The van der Waals surface area contributed by atoms with Gasteiger partial charge in [-0.15, -0.1) is 0 Å². The minimum Gasteiger partial charge on any atom is -0.385 e. The monoisotopic (exact) mass is 421 g/mol. The lowest BCUT2D eigenvalue weighted by Gasteiger charge is -2.41. The molecule has 1 amide bonds. The maximum absolute atomic E-state index is 13.2. The quantitative estimate of drug-likeness (QED) is 0.662. The highest BCUT2D eigenvalue weighted by molar-refractivity contribution is 7.82. The molecule has 0 saturated heterocycles. The lowest BCUT2D eigenvalue weighted by molar-refractivity contribution is -0.118. The van der Waals surface area contributed by atoms with E-state index in [2.05, 4.69) is 4.90 Å². The van der Waals surface area contributed by atoms with Crippen LogP contribution in [0.4, 0.5) is 11.4 Å². The largest absolute Gasteiger partial charge is 0.385 e. The first-order valence-corrected chi connectivity index (χ1v) is 10.7. The van der Waals surface area contributed by atoms with Gasteiger partial charge in [-0.05, 0) is 36.8 Å². The van der Waals surface area contributed by atoms with Crippen LogP contribution in [0.5, 0.6) is 5.75 Å². The Morgan fingerprint density at radius 2 is 1.63 bits per heavy atom. The maximum Gasteiger partial charge on any atom is 0.319 e. The van der Waals surface area contributed by atoms with Crippen LogP contribution in [0.15, 0.2) is 78.9 Å². The second-order valence-electron chi connectivity index (χ2n) is 7.21. The Morgan fingerprint density at radius 3 is 2.30 bits per heavy atom. The maximum atomic E-state index is 13.2. The summed E-state index contributed by atoms with van der Waals surface area (Å²) in [5.41, 5.74) is 9.43. The van der Waals surface area contributed by atoms with E-state index in [0.717, 1.165) is 16.8 Å². The van der Waals surface area contributed by atoms with Gasteiger partial charge in [0.05, 0.1) is 11.4 Å². The summed E-state index contributed by atoms with van der Waals surface area (Å²) in [4.78, 5) is 14.4. The fourth-order valence-electron chi connectivity index (χ4n) is 3.53. The molecule has 2 unspecified atom stereocenters. The molecule has 154 valence electrons. The molecule has 0 aromatic heterocycles. The number of amides is 1. The molecular weight excluding hydrogens is 398 g/mol. The van der Waals surface area contributed by atoms with Crippen molar-refractivity contribution < 1.29 is 13.2 Å². The number of hydrogen-bond acceptors (Lipinski definition) is 4. The van der Waals surface area contributed by atoms with Crippen molar-refractivity contribution in [2.45, 2.75) is 19.5 Å². The van der Waals surface area contributed by atoms with E-state index in [4.69, 9.17) is 9.92 Å². The number of hydrogen-bond donors (Lipinski definition) is 1. The average molecular weight is 422 g/mol. The van der Waals surface area contributed by atoms with Crippen LogP contribution in [0.25, 0.3) is 0 Å².